The smallest absolute Gasteiger partial charge is 0.257 e. The number of amides is 2. The number of anilines is 2. The van der Waals surface area contributed by atoms with E-state index in [0.717, 1.165) is 51.1 Å². The van der Waals surface area contributed by atoms with Crippen LogP contribution in [0.2, 0.25) is 10.0 Å². The van der Waals surface area contributed by atoms with Crippen molar-refractivity contribution in [3.05, 3.63) is 93.0 Å². The van der Waals surface area contributed by atoms with E-state index in [1.54, 1.807) is 18.2 Å². The van der Waals surface area contributed by atoms with Crippen LogP contribution in [0.5, 0.6) is 0 Å². The van der Waals surface area contributed by atoms with Crippen LogP contribution in [-0.4, -0.2) is 36.3 Å². The van der Waals surface area contributed by atoms with E-state index in [1.807, 2.05) is 17.0 Å². The van der Waals surface area contributed by atoms with Crippen LogP contribution in [0.1, 0.15) is 44.7 Å². The van der Waals surface area contributed by atoms with Crippen LogP contribution >= 0.6 is 23.2 Å². The van der Waals surface area contributed by atoms with Crippen LogP contribution < -0.4 is 10.2 Å². The number of carbonyl (C=O) groups excluding carboxylic acids is 2. The summed E-state index contributed by atoms with van der Waals surface area (Å²) in [5.41, 5.74) is 5.03. The van der Waals surface area contributed by atoms with Gasteiger partial charge in [-0.15, -0.1) is 0 Å². The van der Waals surface area contributed by atoms with Crippen molar-refractivity contribution in [1.82, 2.24) is 4.90 Å². The maximum Gasteiger partial charge on any atom is 0.257 e. The Morgan fingerprint density at radius 1 is 0.824 bits per heavy atom. The van der Waals surface area contributed by atoms with Gasteiger partial charge in [-0.2, -0.15) is 0 Å². The molecule has 0 aromatic heterocycles. The van der Waals surface area contributed by atoms with Gasteiger partial charge in [0, 0.05) is 42.6 Å². The molecular weight excluding hydrogens is 469 g/mol. The Morgan fingerprint density at radius 2 is 1.59 bits per heavy atom. The maximum atomic E-state index is 13.5. The summed E-state index contributed by atoms with van der Waals surface area (Å²) in [7, 11) is 0. The number of nitrogens with zero attached hydrogens (tertiary/aromatic N) is 2. The Labute approximate surface area is 209 Å². The summed E-state index contributed by atoms with van der Waals surface area (Å²) in [6.07, 6.45) is 2.97. The van der Waals surface area contributed by atoms with E-state index < -0.39 is 0 Å². The minimum atomic E-state index is -0.346. The van der Waals surface area contributed by atoms with Crippen molar-refractivity contribution < 1.29 is 9.59 Å². The number of benzene rings is 3. The lowest BCUT2D eigenvalue weighted by atomic mass is 9.98. The summed E-state index contributed by atoms with van der Waals surface area (Å²) < 4.78 is 0. The fourth-order valence-corrected chi connectivity index (χ4v) is 5.22. The molecule has 2 aliphatic heterocycles. The van der Waals surface area contributed by atoms with Gasteiger partial charge in [-0.3, -0.25) is 9.59 Å². The number of hydrogen-bond acceptors (Lipinski definition) is 3. The third-order valence-corrected chi connectivity index (χ3v) is 7.07. The van der Waals surface area contributed by atoms with Gasteiger partial charge < -0.3 is 15.1 Å². The molecule has 0 aliphatic carbocycles. The zero-order valence-electron chi connectivity index (χ0n) is 18.7. The van der Waals surface area contributed by atoms with E-state index in [9.17, 15) is 9.59 Å². The fraction of sp³-hybridized carbons (Fsp3) is 0.259. The Hall–Kier alpha value is -3.02. The quantitative estimate of drug-likeness (QED) is 0.481. The Kier molecular flexibility index (Phi) is 6.48. The Morgan fingerprint density at radius 3 is 2.35 bits per heavy atom. The largest absolute Gasteiger partial charge is 0.366 e. The van der Waals surface area contributed by atoms with Crippen molar-refractivity contribution in [3.8, 4) is 0 Å². The first kappa shape index (κ1) is 22.8. The molecule has 0 atom stereocenters. The normalized spacial score (nSPS) is 15.2. The molecule has 2 heterocycles. The first-order valence-corrected chi connectivity index (χ1v) is 12.3. The van der Waals surface area contributed by atoms with Crippen LogP contribution in [0.4, 0.5) is 11.4 Å². The molecule has 0 unspecified atom stereocenters. The second-order valence-electron chi connectivity index (χ2n) is 8.75. The summed E-state index contributed by atoms with van der Waals surface area (Å²) in [5, 5.41) is 3.64. The molecule has 1 saturated heterocycles. The lowest BCUT2D eigenvalue weighted by Crippen LogP contribution is -2.34. The van der Waals surface area contributed by atoms with Crippen molar-refractivity contribution in [2.45, 2.75) is 25.8 Å². The molecule has 0 spiro atoms. The molecular formula is C27H25Cl2N3O2. The summed E-state index contributed by atoms with van der Waals surface area (Å²) in [6, 6.07) is 18.8. The summed E-state index contributed by atoms with van der Waals surface area (Å²) >= 11 is 12.2. The molecule has 0 saturated carbocycles. The highest BCUT2D eigenvalue weighted by atomic mass is 35.5. The molecule has 1 N–H and O–H groups in total. The van der Waals surface area contributed by atoms with E-state index in [2.05, 4.69) is 34.5 Å². The zero-order valence-corrected chi connectivity index (χ0v) is 20.2. The average molecular weight is 494 g/mol. The van der Waals surface area contributed by atoms with Crippen molar-refractivity contribution >= 4 is 46.4 Å². The highest BCUT2D eigenvalue weighted by Crippen LogP contribution is 2.31. The van der Waals surface area contributed by atoms with Gasteiger partial charge >= 0.3 is 0 Å². The molecule has 0 bridgehead atoms. The first-order valence-electron chi connectivity index (χ1n) is 11.5. The predicted molar refractivity (Wildman–Crippen MR) is 137 cm³/mol. The molecule has 7 heteroatoms. The summed E-state index contributed by atoms with van der Waals surface area (Å²) in [5.74, 6) is -0.340. The first-order chi connectivity index (χ1) is 16.5. The molecule has 174 valence electrons. The van der Waals surface area contributed by atoms with Crippen molar-refractivity contribution in [2.24, 2.45) is 0 Å². The lowest BCUT2D eigenvalue weighted by molar-refractivity contribution is 0.0793. The van der Waals surface area contributed by atoms with Crippen LogP contribution in [0.25, 0.3) is 0 Å². The molecule has 1 fully saturated rings. The molecule has 2 aliphatic rings. The molecule has 2 amide bonds. The van der Waals surface area contributed by atoms with Gasteiger partial charge in [0.2, 0.25) is 0 Å². The minimum Gasteiger partial charge on any atom is -0.366 e. The van der Waals surface area contributed by atoms with E-state index in [1.165, 1.54) is 17.2 Å². The van der Waals surface area contributed by atoms with Crippen molar-refractivity contribution in [1.29, 1.82) is 0 Å². The summed E-state index contributed by atoms with van der Waals surface area (Å²) in [6.45, 7) is 3.11. The number of hydrogen-bond donors (Lipinski definition) is 1. The third kappa shape index (κ3) is 4.63. The van der Waals surface area contributed by atoms with Crippen LogP contribution in [0, 0.1) is 0 Å². The van der Waals surface area contributed by atoms with E-state index >= 15 is 0 Å². The zero-order chi connectivity index (χ0) is 23.7. The molecule has 34 heavy (non-hydrogen) atoms. The van der Waals surface area contributed by atoms with Gasteiger partial charge in [0.15, 0.2) is 0 Å². The van der Waals surface area contributed by atoms with E-state index in [0.29, 0.717) is 21.8 Å². The van der Waals surface area contributed by atoms with Crippen LogP contribution in [-0.2, 0) is 13.0 Å². The summed E-state index contributed by atoms with van der Waals surface area (Å²) in [4.78, 5) is 30.5. The minimum absolute atomic E-state index is 0.00647. The number of carbonyl (C=O) groups is 2. The number of halogens is 2. The van der Waals surface area contributed by atoms with Gasteiger partial charge in [-0.05, 0) is 66.8 Å². The molecule has 5 nitrogen and oxygen atoms in total. The average Bonchev–Trinajstić information content (AvgIpc) is 3.38. The predicted octanol–water partition coefficient (Wildman–Crippen LogP) is 6.04. The lowest BCUT2D eigenvalue weighted by Gasteiger charge is -2.33. The number of likely N-dealkylation sites (tertiary alicyclic amines) is 1. The van der Waals surface area contributed by atoms with Crippen LogP contribution in [0.3, 0.4) is 0 Å². The molecule has 0 radical (unpaired) electrons. The topological polar surface area (TPSA) is 52.7 Å². The number of rotatable bonds is 4. The SMILES string of the molecule is O=C(Nc1ccc(N2CCc3ccccc3C2)c(C(=O)N2CCCC2)c1)c1ccc(Cl)cc1Cl. The highest BCUT2D eigenvalue weighted by molar-refractivity contribution is 6.37. The van der Waals surface area contributed by atoms with Crippen LogP contribution in [0.15, 0.2) is 60.7 Å². The number of nitrogens with one attached hydrogen (secondary N) is 1. The van der Waals surface area contributed by atoms with Gasteiger partial charge in [0.25, 0.3) is 11.8 Å². The highest BCUT2D eigenvalue weighted by Gasteiger charge is 2.26. The van der Waals surface area contributed by atoms with Crippen molar-refractivity contribution in [2.75, 3.05) is 29.9 Å². The van der Waals surface area contributed by atoms with Gasteiger partial charge in [0.05, 0.1) is 16.1 Å². The van der Waals surface area contributed by atoms with Gasteiger partial charge in [-0.25, -0.2) is 0 Å². The fourth-order valence-electron chi connectivity index (χ4n) is 4.72. The molecule has 3 aromatic rings. The van der Waals surface area contributed by atoms with E-state index in [4.69, 9.17) is 23.2 Å². The van der Waals surface area contributed by atoms with E-state index in [-0.39, 0.29) is 16.8 Å². The second-order valence-corrected chi connectivity index (χ2v) is 9.59. The Bertz CT molecular complexity index is 1250. The number of fused-ring (bicyclic) bond motifs is 1. The maximum absolute atomic E-state index is 13.5. The van der Waals surface area contributed by atoms with Crippen molar-refractivity contribution in [3.63, 3.8) is 0 Å². The second kappa shape index (κ2) is 9.69. The Balaban J connectivity index is 1.46. The monoisotopic (exact) mass is 493 g/mol. The third-order valence-electron chi connectivity index (χ3n) is 6.53. The molecule has 3 aromatic carbocycles. The van der Waals surface area contributed by atoms with Gasteiger partial charge in [-0.1, -0.05) is 47.5 Å². The standard InChI is InChI=1S/C27H25Cl2N3O2/c28-20-7-9-22(24(29)15-20)26(33)30-21-8-10-25(23(16-21)27(34)31-12-3-4-13-31)32-14-11-18-5-1-2-6-19(18)17-32/h1-2,5-10,15-16H,3-4,11-14,17H2,(H,30,33). The molecule has 5 rings (SSSR count). The van der Waals surface area contributed by atoms with Gasteiger partial charge in [0.1, 0.15) is 0 Å².